The predicted octanol–water partition coefficient (Wildman–Crippen LogP) is 7.03. The highest BCUT2D eigenvalue weighted by atomic mass is 35.5. The summed E-state index contributed by atoms with van der Waals surface area (Å²) in [5.74, 6) is 1.36. The van der Waals surface area contributed by atoms with E-state index in [1.807, 2.05) is 37.3 Å². The standard InChI is InChI=1S/C24H18Cl2O4/c1-2-16-5-3-4-6-21(16)30-23-14-29-22-12-17(8-9-18(22)24(23)27)28-13-15-7-10-19(25)20(26)11-15/h3-12,14H,2,13H2,1H3. The Morgan fingerprint density at radius 2 is 1.77 bits per heavy atom. The Morgan fingerprint density at radius 1 is 0.933 bits per heavy atom. The highest BCUT2D eigenvalue weighted by Gasteiger charge is 2.12. The predicted molar refractivity (Wildman–Crippen MR) is 119 cm³/mol. The van der Waals surface area contributed by atoms with Gasteiger partial charge in [-0.15, -0.1) is 0 Å². The third kappa shape index (κ3) is 4.30. The number of para-hydroxylation sites is 1. The number of rotatable bonds is 6. The summed E-state index contributed by atoms with van der Waals surface area (Å²) in [6.07, 6.45) is 2.13. The fourth-order valence-electron chi connectivity index (χ4n) is 3.06. The molecule has 0 aliphatic heterocycles. The Balaban J connectivity index is 1.56. The lowest BCUT2D eigenvalue weighted by molar-refractivity contribution is 0.306. The first-order valence-corrected chi connectivity index (χ1v) is 10.2. The molecule has 0 radical (unpaired) electrons. The molecule has 0 saturated carbocycles. The number of aryl methyl sites for hydroxylation is 1. The minimum atomic E-state index is -0.238. The van der Waals surface area contributed by atoms with Crippen LogP contribution in [-0.4, -0.2) is 0 Å². The molecule has 0 aliphatic rings. The monoisotopic (exact) mass is 440 g/mol. The van der Waals surface area contributed by atoms with E-state index in [0.717, 1.165) is 17.5 Å². The minimum absolute atomic E-state index is 0.146. The van der Waals surface area contributed by atoms with Gasteiger partial charge in [0.15, 0.2) is 0 Å². The first kappa shape index (κ1) is 20.3. The van der Waals surface area contributed by atoms with Crippen molar-refractivity contribution in [3.8, 4) is 17.2 Å². The average molecular weight is 441 g/mol. The molecular formula is C24H18Cl2O4. The van der Waals surface area contributed by atoms with Crippen LogP contribution in [0.25, 0.3) is 11.0 Å². The van der Waals surface area contributed by atoms with Crippen molar-refractivity contribution >= 4 is 34.2 Å². The minimum Gasteiger partial charge on any atom is -0.489 e. The van der Waals surface area contributed by atoms with Crippen molar-refractivity contribution in [2.24, 2.45) is 0 Å². The molecule has 0 bridgehead atoms. The molecule has 4 nitrogen and oxygen atoms in total. The molecule has 0 aliphatic carbocycles. The largest absolute Gasteiger partial charge is 0.489 e. The van der Waals surface area contributed by atoms with Gasteiger partial charge in [0.2, 0.25) is 11.2 Å². The molecule has 6 heteroatoms. The van der Waals surface area contributed by atoms with Gasteiger partial charge < -0.3 is 13.9 Å². The summed E-state index contributed by atoms with van der Waals surface area (Å²) in [6, 6.07) is 18.0. The molecule has 4 rings (SSSR count). The lowest BCUT2D eigenvalue weighted by Gasteiger charge is -2.10. The van der Waals surface area contributed by atoms with Gasteiger partial charge in [-0.05, 0) is 47.9 Å². The molecular weight excluding hydrogens is 423 g/mol. The van der Waals surface area contributed by atoms with E-state index < -0.39 is 0 Å². The van der Waals surface area contributed by atoms with Crippen LogP contribution in [0.15, 0.2) is 76.1 Å². The molecule has 0 spiro atoms. The zero-order valence-corrected chi connectivity index (χ0v) is 17.7. The Kier molecular flexibility index (Phi) is 5.98. The maximum absolute atomic E-state index is 12.8. The quantitative estimate of drug-likeness (QED) is 0.322. The van der Waals surface area contributed by atoms with Gasteiger partial charge in [0.1, 0.15) is 30.0 Å². The maximum Gasteiger partial charge on any atom is 0.235 e. The van der Waals surface area contributed by atoms with Crippen LogP contribution in [0.5, 0.6) is 17.2 Å². The molecule has 30 heavy (non-hydrogen) atoms. The fraction of sp³-hybridized carbons (Fsp3) is 0.125. The summed E-state index contributed by atoms with van der Waals surface area (Å²) in [4.78, 5) is 12.8. The lowest BCUT2D eigenvalue weighted by Crippen LogP contribution is -2.06. The van der Waals surface area contributed by atoms with Crippen molar-refractivity contribution in [2.45, 2.75) is 20.0 Å². The second-order valence-corrected chi connectivity index (χ2v) is 7.50. The van der Waals surface area contributed by atoms with Crippen LogP contribution in [0, 0.1) is 0 Å². The molecule has 0 amide bonds. The molecule has 0 unspecified atom stereocenters. The van der Waals surface area contributed by atoms with Crippen molar-refractivity contribution in [1.82, 2.24) is 0 Å². The normalized spacial score (nSPS) is 10.9. The van der Waals surface area contributed by atoms with Gasteiger partial charge in [-0.1, -0.05) is 54.4 Å². The van der Waals surface area contributed by atoms with Crippen molar-refractivity contribution in [2.75, 3.05) is 0 Å². The molecule has 0 atom stereocenters. The van der Waals surface area contributed by atoms with Crippen LogP contribution in [0.1, 0.15) is 18.1 Å². The van der Waals surface area contributed by atoms with E-state index in [1.165, 1.54) is 6.26 Å². The van der Waals surface area contributed by atoms with Crippen molar-refractivity contribution in [1.29, 1.82) is 0 Å². The van der Waals surface area contributed by atoms with E-state index >= 15 is 0 Å². The topological polar surface area (TPSA) is 48.7 Å². The van der Waals surface area contributed by atoms with Crippen LogP contribution >= 0.6 is 23.2 Å². The highest BCUT2D eigenvalue weighted by molar-refractivity contribution is 6.42. The molecule has 152 valence electrons. The number of hydrogen-bond acceptors (Lipinski definition) is 4. The van der Waals surface area contributed by atoms with Crippen LogP contribution in [0.3, 0.4) is 0 Å². The lowest BCUT2D eigenvalue weighted by atomic mass is 10.1. The number of benzene rings is 3. The van der Waals surface area contributed by atoms with E-state index in [9.17, 15) is 4.79 Å². The van der Waals surface area contributed by atoms with Gasteiger partial charge in [0.25, 0.3) is 0 Å². The maximum atomic E-state index is 12.8. The number of halogens is 2. The first-order chi connectivity index (χ1) is 14.5. The van der Waals surface area contributed by atoms with Crippen molar-refractivity contribution in [3.63, 3.8) is 0 Å². The smallest absolute Gasteiger partial charge is 0.235 e. The summed E-state index contributed by atoms with van der Waals surface area (Å²) in [6.45, 7) is 2.34. The fourth-order valence-corrected chi connectivity index (χ4v) is 3.38. The third-order valence-electron chi connectivity index (χ3n) is 4.68. The molecule has 0 N–H and O–H groups in total. The SMILES string of the molecule is CCc1ccccc1Oc1coc2cc(OCc3ccc(Cl)c(Cl)c3)ccc2c1=O. The Morgan fingerprint density at radius 3 is 2.57 bits per heavy atom. The van der Waals surface area contributed by atoms with Gasteiger partial charge >= 0.3 is 0 Å². The summed E-state index contributed by atoms with van der Waals surface area (Å²) in [7, 11) is 0. The highest BCUT2D eigenvalue weighted by Crippen LogP contribution is 2.27. The van der Waals surface area contributed by atoms with Crippen molar-refractivity contribution < 1.29 is 13.9 Å². The van der Waals surface area contributed by atoms with Crippen LogP contribution < -0.4 is 14.9 Å². The first-order valence-electron chi connectivity index (χ1n) is 9.43. The number of hydrogen-bond donors (Lipinski definition) is 0. The van der Waals surface area contributed by atoms with E-state index in [-0.39, 0.29) is 11.2 Å². The Labute approximate surface area is 183 Å². The summed E-state index contributed by atoms with van der Waals surface area (Å²) in [5, 5.41) is 1.38. The second-order valence-electron chi connectivity index (χ2n) is 6.69. The molecule has 4 aromatic rings. The summed E-state index contributed by atoms with van der Waals surface area (Å²) < 4.78 is 17.3. The van der Waals surface area contributed by atoms with Crippen molar-refractivity contribution in [3.05, 3.63) is 98.3 Å². The zero-order valence-electron chi connectivity index (χ0n) is 16.2. The Hall–Kier alpha value is -2.95. The van der Waals surface area contributed by atoms with E-state index in [0.29, 0.717) is 39.1 Å². The zero-order chi connectivity index (χ0) is 21.1. The molecule has 1 aromatic heterocycles. The second kappa shape index (κ2) is 8.82. The van der Waals surface area contributed by atoms with E-state index in [1.54, 1.807) is 30.3 Å². The third-order valence-corrected chi connectivity index (χ3v) is 5.42. The van der Waals surface area contributed by atoms with Gasteiger partial charge in [0.05, 0.1) is 15.4 Å². The molecule has 0 saturated heterocycles. The summed E-state index contributed by atoms with van der Waals surface area (Å²) >= 11 is 12.0. The van der Waals surface area contributed by atoms with Crippen LogP contribution in [0.2, 0.25) is 10.0 Å². The molecule has 0 fully saturated rings. The summed E-state index contributed by atoms with van der Waals surface area (Å²) in [5.41, 5.74) is 2.08. The van der Waals surface area contributed by atoms with Gasteiger partial charge in [-0.2, -0.15) is 0 Å². The van der Waals surface area contributed by atoms with Gasteiger partial charge in [-0.3, -0.25) is 4.79 Å². The number of ether oxygens (including phenoxy) is 2. The van der Waals surface area contributed by atoms with Crippen LogP contribution in [-0.2, 0) is 13.0 Å². The Bertz CT molecular complexity index is 1260. The van der Waals surface area contributed by atoms with E-state index in [2.05, 4.69) is 0 Å². The molecule has 3 aromatic carbocycles. The van der Waals surface area contributed by atoms with Gasteiger partial charge in [0, 0.05) is 6.07 Å². The van der Waals surface area contributed by atoms with Crippen LogP contribution in [0.4, 0.5) is 0 Å². The van der Waals surface area contributed by atoms with E-state index in [4.69, 9.17) is 37.1 Å². The molecule has 1 heterocycles. The number of fused-ring (bicyclic) bond motifs is 1. The average Bonchev–Trinajstić information content (AvgIpc) is 2.77. The van der Waals surface area contributed by atoms with Gasteiger partial charge in [-0.25, -0.2) is 0 Å².